The topological polar surface area (TPSA) is 46.3 Å². The number of anilines is 1. The molecule has 5 nitrogen and oxygen atoms in total. The molecule has 0 fully saturated rings. The van der Waals surface area contributed by atoms with Gasteiger partial charge in [-0.2, -0.15) is 5.10 Å². The highest BCUT2D eigenvalue weighted by Crippen LogP contribution is 2.44. The Balaban J connectivity index is 2.01. The van der Waals surface area contributed by atoms with E-state index >= 15 is 0 Å². The summed E-state index contributed by atoms with van der Waals surface area (Å²) in [5, 5.41) is 12.4. The van der Waals surface area contributed by atoms with E-state index in [1.165, 1.54) is 11.3 Å². The minimum atomic E-state index is 0.133. The molecule has 1 atom stereocenters. The van der Waals surface area contributed by atoms with Gasteiger partial charge in [0.1, 0.15) is 12.7 Å². The minimum absolute atomic E-state index is 0.133. The van der Waals surface area contributed by atoms with E-state index in [1.54, 1.807) is 23.5 Å². The number of hydrogen-bond donors (Lipinski definition) is 0. The highest BCUT2D eigenvalue weighted by atomic mass is 35.5. The molecule has 22 heavy (non-hydrogen) atoms. The molecule has 0 amide bonds. The molecule has 2 heterocycles. The third-order valence-corrected chi connectivity index (χ3v) is 4.82. The maximum absolute atomic E-state index is 6.45. The summed E-state index contributed by atoms with van der Waals surface area (Å²) in [7, 11) is 2.13. The zero-order valence-electron chi connectivity index (χ0n) is 13.3. The van der Waals surface area contributed by atoms with Gasteiger partial charge in [0.05, 0.1) is 11.2 Å². The first-order valence-corrected chi connectivity index (χ1v) is 7.72. The average Bonchev–Trinajstić information content (AvgIpc) is 2.96. The maximum atomic E-state index is 6.45. The Morgan fingerprint density at radius 1 is 1.32 bits per heavy atom. The monoisotopic (exact) mass is 317 g/mol. The predicted octanol–water partition coefficient (Wildman–Crippen LogP) is 3.54. The van der Waals surface area contributed by atoms with Crippen molar-refractivity contribution in [3.8, 4) is 0 Å². The second-order valence-electron chi connectivity index (χ2n) is 6.50. The second-order valence-corrected chi connectivity index (χ2v) is 6.90. The first-order chi connectivity index (χ1) is 10.4. The zero-order chi connectivity index (χ0) is 15.9. The molecule has 0 spiro atoms. The van der Waals surface area contributed by atoms with Crippen LogP contribution in [0.25, 0.3) is 0 Å². The third-order valence-electron chi connectivity index (χ3n) is 4.49. The number of benzene rings is 1. The second kappa shape index (κ2) is 5.39. The fourth-order valence-corrected chi connectivity index (χ4v) is 3.29. The average molecular weight is 318 g/mol. The van der Waals surface area contributed by atoms with Crippen molar-refractivity contribution in [2.75, 3.05) is 11.9 Å². The molecule has 116 valence electrons. The van der Waals surface area contributed by atoms with Crippen LogP contribution in [0.1, 0.15) is 44.2 Å². The minimum Gasteiger partial charge on any atom is -0.369 e. The molecule has 0 radical (unpaired) electrons. The molecule has 0 saturated carbocycles. The van der Waals surface area contributed by atoms with Gasteiger partial charge in [0, 0.05) is 23.8 Å². The largest absolute Gasteiger partial charge is 0.369 e. The Hall–Kier alpha value is -1.88. The van der Waals surface area contributed by atoms with Crippen LogP contribution in [0.2, 0.25) is 5.02 Å². The molecule has 1 aliphatic heterocycles. The van der Waals surface area contributed by atoms with Crippen LogP contribution in [0.15, 0.2) is 29.9 Å². The molecule has 1 aromatic carbocycles. The van der Waals surface area contributed by atoms with Gasteiger partial charge in [-0.1, -0.05) is 18.5 Å². The molecule has 3 rings (SSSR count). The smallest absolute Gasteiger partial charge is 0.141 e. The quantitative estimate of drug-likeness (QED) is 0.796. The van der Waals surface area contributed by atoms with E-state index in [0.717, 1.165) is 12.0 Å². The molecule has 6 heteroatoms. The summed E-state index contributed by atoms with van der Waals surface area (Å²) in [6.07, 6.45) is 5.95. The van der Waals surface area contributed by atoms with Crippen LogP contribution in [0.5, 0.6) is 0 Å². The van der Waals surface area contributed by atoms with Crippen LogP contribution < -0.4 is 4.90 Å². The Labute approximate surface area is 135 Å². The lowest BCUT2D eigenvalue weighted by Gasteiger charge is -2.45. The van der Waals surface area contributed by atoms with Gasteiger partial charge < -0.3 is 4.90 Å². The molecular weight excluding hydrogens is 298 g/mol. The third kappa shape index (κ3) is 2.61. The number of hydrogen-bond acceptors (Lipinski definition) is 4. The summed E-state index contributed by atoms with van der Waals surface area (Å²) in [6.45, 7) is 6.80. The maximum Gasteiger partial charge on any atom is 0.141 e. The Morgan fingerprint density at radius 2 is 2.00 bits per heavy atom. The molecule has 0 N–H and O–H groups in total. The lowest BCUT2D eigenvalue weighted by Crippen LogP contribution is -2.45. The number of nitrogens with zero attached hydrogens (tertiary/aromatic N) is 5. The lowest BCUT2D eigenvalue weighted by molar-refractivity contribution is 0.395. The van der Waals surface area contributed by atoms with Crippen molar-refractivity contribution in [2.45, 2.75) is 38.6 Å². The first kappa shape index (κ1) is 15.0. The highest BCUT2D eigenvalue weighted by molar-refractivity contribution is 6.33. The SMILES string of the molecule is C[C@H]1CC(C)(C)N(C)c2cc(Cl)c(/C=N\n3cnnc3)cc21. The normalized spacial score (nSPS) is 20.4. The van der Waals surface area contributed by atoms with Gasteiger partial charge >= 0.3 is 0 Å². The van der Waals surface area contributed by atoms with Gasteiger partial charge in [-0.3, -0.25) is 0 Å². The van der Waals surface area contributed by atoms with E-state index in [1.807, 2.05) is 6.07 Å². The standard InChI is InChI=1S/C16H20ClN5/c1-11-7-16(2,3)21(4)15-6-14(17)12(5-13(11)15)8-20-22-9-18-19-10-22/h5-6,8-11H,7H2,1-4H3/b20-8-/t11-/m0/s1. The lowest BCUT2D eigenvalue weighted by atomic mass is 9.80. The van der Waals surface area contributed by atoms with Crippen LogP contribution in [0, 0.1) is 0 Å². The molecule has 0 aliphatic carbocycles. The molecule has 0 bridgehead atoms. The van der Waals surface area contributed by atoms with Gasteiger partial charge in [-0.15, -0.1) is 10.2 Å². The van der Waals surface area contributed by atoms with Crippen LogP contribution in [0.4, 0.5) is 5.69 Å². The van der Waals surface area contributed by atoms with Crippen LogP contribution in [-0.4, -0.2) is 33.7 Å². The van der Waals surface area contributed by atoms with Gasteiger partial charge in [-0.05, 0) is 43.9 Å². The summed E-state index contributed by atoms with van der Waals surface area (Å²) in [4.78, 5) is 2.31. The van der Waals surface area contributed by atoms with Crippen molar-refractivity contribution in [3.63, 3.8) is 0 Å². The molecular formula is C16H20ClN5. The van der Waals surface area contributed by atoms with E-state index in [4.69, 9.17) is 11.6 Å². The number of fused-ring (bicyclic) bond motifs is 1. The van der Waals surface area contributed by atoms with E-state index in [0.29, 0.717) is 10.9 Å². The molecule has 0 saturated heterocycles. The summed E-state index contributed by atoms with van der Waals surface area (Å²) < 4.78 is 1.55. The molecule has 1 aliphatic rings. The predicted molar refractivity (Wildman–Crippen MR) is 90.0 cm³/mol. The molecule has 1 aromatic heterocycles. The van der Waals surface area contributed by atoms with Gasteiger partial charge in [0.2, 0.25) is 0 Å². The summed E-state index contributed by atoms with van der Waals surface area (Å²) in [5.41, 5.74) is 3.56. The van der Waals surface area contributed by atoms with E-state index in [2.05, 4.69) is 54.1 Å². The van der Waals surface area contributed by atoms with Gasteiger partial charge in [0.25, 0.3) is 0 Å². The van der Waals surface area contributed by atoms with E-state index in [9.17, 15) is 0 Å². The van der Waals surface area contributed by atoms with Gasteiger partial charge in [0.15, 0.2) is 0 Å². The van der Waals surface area contributed by atoms with Crippen LogP contribution >= 0.6 is 11.6 Å². The van der Waals surface area contributed by atoms with E-state index in [-0.39, 0.29) is 5.54 Å². The number of aromatic nitrogens is 3. The van der Waals surface area contributed by atoms with Gasteiger partial charge in [-0.25, -0.2) is 4.68 Å². The van der Waals surface area contributed by atoms with Crippen molar-refractivity contribution >= 4 is 23.5 Å². The Bertz CT molecular complexity index is 706. The first-order valence-electron chi connectivity index (χ1n) is 7.35. The Kier molecular flexibility index (Phi) is 3.68. The number of halogens is 1. The van der Waals surface area contributed by atoms with E-state index < -0.39 is 0 Å². The van der Waals surface area contributed by atoms with Crippen LogP contribution in [0.3, 0.4) is 0 Å². The summed E-state index contributed by atoms with van der Waals surface area (Å²) >= 11 is 6.45. The van der Waals surface area contributed by atoms with Crippen molar-refractivity contribution in [3.05, 3.63) is 40.9 Å². The van der Waals surface area contributed by atoms with Crippen molar-refractivity contribution in [1.29, 1.82) is 0 Å². The molecule has 2 aromatic rings. The van der Waals surface area contributed by atoms with Crippen molar-refractivity contribution in [2.24, 2.45) is 5.10 Å². The fraction of sp³-hybridized carbons (Fsp3) is 0.438. The summed E-state index contributed by atoms with van der Waals surface area (Å²) in [6, 6.07) is 4.18. The van der Waals surface area contributed by atoms with Crippen molar-refractivity contribution < 1.29 is 0 Å². The fourth-order valence-electron chi connectivity index (χ4n) is 3.09. The summed E-state index contributed by atoms with van der Waals surface area (Å²) in [5.74, 6) is 0.487. The molecule has 0 unspecified atom stereocenters. The number of rotatable bonds is 2. The van der Waals surface area contributed by atoms with Crippen LogP contribution in [-0.2, 0) is 0 Å². The highest BCUT2D eigenvalue weighted by Gasteiger charge is 2.34. The zero-order valence-corrected chi connectivity index (χ0v) is 14.0. The Morgan fingerprint density at radius 3 is 2.68 bits per heavy atom. The van der Waals surface area contributed by atoms with Crippen molar-refractivity contribution in [1.82, 2.24) is 14.9 Å².